The zero-order valence-electron chi connectivity index (χ0n) is 13.7. The van der Waals surface area contributed by atoms with Crippen LogP contribution in [0.15, 0.2) is 0 Å². The van der Waals surface area contributed by atoms with E-state index in [9.17, 15) is 9.59 Å². The van der Waals surface area contributed by atoms with Crippen LogP contribution in [0.2, 0.25) is 0 Å². The van der Waals surface area contributed by atoms with Crippen molar-refractivity contribution >= 4 is 11.8 Å². The second kappa shape index (κ2) is 7.78. The third-order valence-corrected chi connectivity index (χ3v) is 4.70. The summed E-state index contributed by atoms with van der Waals surface area (Å²) in [6.45, 7) is 8.59. The Morgan fingerprint density at radius 1 is 1.19 bits per heavy atom. The fourth-order valence-corrected chi connectivity index (χ4v) is 3.08. The highest BCUT2D eigenvalue weighted by Crippen LogP contribution is 2.32. The van der Waals surface area contributed by atoms with Crippen LogP contribution >= 0.6 is 0 Å². The molecule has 0 radical (unpaired) electrons. The SMILES string of the molecule is CC(C)(C)C(CCN)CCC(=O)N1CCC(C(N)=O)CC1. The highest BCUT2D eigenvalue weighted by Gasteiger charge is 2.28. The van der Waals surface area contributed by atoms with Crippen molar-refractivity contribution in [3.8, 4) is 0 Å². The van der Waals surface area contributed by atoms with Crippen LogP contribution in [-0.4, -0.2) is 36.3 Å². The molecule has 5 heteroatoms. The molecular formula is C16H31N3O2. The largest absolute Gasteiger partial charge is 0.369 e. The minimum atomic E-state index is -0.238. The number of nitrogens with zero attached hydrogens (tertiary/aromatic N) is 1. The van der Waals surface area contributed by atoms with Gasteiger partial charge in [-0.25, -0.2) is 0 Å². The average molecular weight is 297 g/mol. The molecule has 0 aromatic heterocycles. The molecule has 0 aromatic rings. The summed E-state index contributed by atoms with van der Waals surface area (Å²) in [6, 6.07) is 0. The molecule has 122 valence electrons. The van der Waals surface area contributed by atoms with E-state index >= 15 is 0 Å². The fourth-order valence-electron chi connectivity index (χ4n) is 3.08. The number of amides is 2. The molecule has 4 N–H and O–H groups in total. The Morgan fingerprint density at radius 2 is 1.76 bits per heavy atom. The predicted octanol–water partition coefficient (Wildman–Crippen LogP) is 1.50. The van der Waals surface area contributed by atoms with Crippen LogP contribution < -0.4 is 11.5 Å². The maximum atomic E-state index is 12.3. The summed E-state index contributed by atoms with van der Waals surface area (Å²) < 4.78 is 0. The van der Waals surface area contributed by atoms with Gasteiger partial charge < -0.3 is 16.4 Å². The van der Waals surface area contributed by atoms with Gasteiger partial charge in [0.2, 0.25) is 11.8 Å². The number of hydrogen-bond acceptors (Lipinski definition) is 3. The number of nitrogens with two attached hydrogens (primary N) is 2. The van der Waals surface area contributed by atoms with E-state index in [-0.39, 0.29) is 23.1 Å². The molecule has 1 rings (SSSR count). The van der Waals surface area contributed by atoms with E-state index in [4.69, 9.17) is 11.5 Å². The number of likely N-dealkylation sites (tertiary alicyclic amines) is 1. The minimum absolute atomic E-state index is 0.0615. The molecule has 1 heterocycles. The highest BCUT2D eigenvalue weighted by atomic mass is 16.2. The van der Waals surface area contributed by atoms with Gasteiger partial charge in [0.1, 0.15) is 0 Å². The maximum Gasteiger partial charge on any atom is 0.222 e. The molecule has 0 aromatic carbocycles. The van der Waals surface area contributed by atoms with E-state index in [0.29, 0.717) is 44.8 Å². The smallest absolute Gasteiger partial charge is 0.222 e. The Balaban J connectivity index is 2.41. The molecule has 5 nitrogen and oxygen atoms in total. The topological polar surface area (TPSA) is 89.4 Å². The summed E-state index contributed by atoms with van der Waals surface area (Å²) in [6.07, 6.45) is 3.82. The molecule has 1 atom stereocenters. The molecule has 0 bridgehead atoms. The number of hydrogen-bond donors (Lipinski definition) is 2. The van der Waals surface area contributed by atoms with Crippen LogP contribution in [0.25, 0.3) is 0 Å². The van der Waals surface area contributed by atoms with Gasteiger partial charge in [0, 0.05) is 25.4 Å². The van der Waals surface area contributed by atoms with E-state index in [2.05, 4.69) is 20.8 Å². The van der Waals surface area contributed by atoms with Crippen molar-refractivity contribution in [1.82, 2.24) is 4.90 Å². The van der Waals surface area contributed by atoms with Crippen LogP contribution in [-0.2, 0) is 9.59 Å². The number of carbonyl (C=O) groups is 2. The lowest BCUT2D eigenvalue weighted by Gasteiger charge is -2.33. The summed E-state index contributed by atoms with van der Waals surface area (Å²) in [5, 5.41) is 0. The van der Waals surface area contributed by atoms with Crippen molar-refractivity contribution in [3.63, 3.8) is 0 Å². The van der Waals surface area contributed by atoms with Crippen molar-refractivity contribution in [1.29, 1.82) is 0 Å². The third kappa shape index (κ3) is 5.65. The van der Waals surface area contributed by atoms with Crippen molar-refractivity contribution in [2.75, 3.05) is 19.6 Å². The Kier molecular flexibility index (Phi) is 6.65. The zero-order valence-corrected chi connectivity index (χ0v) is 13.7. The lowest BCUT2D eigenvalue weighted by Crippen LogP contribution is -2.42. The minimum Gasteiger partial charge on any atom is -0.369 e. The van der Waals surface area contributed by atoms with Gasteiger partial charge in [0.15, 0.2) is 0 Å². The predicted molar refractivity (Wildman–Crippen MR) is 84.3 cm³/mol. The fraction of sp³-hybridized carbons (Fsp3) is 0.875. The van der Waals surface area contributed by atoms with Crippen molar-refractivity contribution in [3.05, 3.63) is 0 Å². The molecule has 0 saturated carbocycles. The van der Waals surface area contributed by atoms with Gasteiger partial charge >= 0.3 is 0 Å². The van der Waals surface area contributed by atoms with Gasteiger partial charge in [0.05, 0.1) is 0 Å². The summed E-state index contributed by atoms with van der Waals surface area (Å²) in [7, 11) is 0. The summed E-state index contributed by atoms with van der Waals surface area (Å²) in [4.78, 5) is 25.3. The van der Waals surface area contributed by atoms with Crippen molar-refractivity contribution in [2.45, 2.75) is 52.9 Å². The first kappa shape index (κ1) is 18.0. The van der Waals surface area contributed by atoms with E-state index < -0.39 is 0 Å². The number of carbonyl (C=O) groups excluding carboxylic acids is 2. The normalized spacial score (nSPS) is 18.6. The number of primary amides is 1. The Bertz CT molecular complexity index is 355. The van der Waals surface area contributed by atoms with Gasteiger partial charge in [-0.05, 0) is 43.6 Å². The van der Waals surface area contributed by atoms with Gasteiger partial charge in [0.25, 0.3) is 0 Å². The van der Waals surface area contributed by atoms with E-state index in [1.807, 2.05) is 4.90 Å². The van der Waals surface area contributed by atoms with E-state index in [1.54, 1.807) is 0 Å². The molecule has 1 unspecified atom stereocenters. The van der Waals surface area contributed by atoms with Crippen molar-refractivity contribution in [2.24, 2.45) is 28.7 Å². The molecule has 21 heavy (non-hydrogen) atoms. The van der Waals surface area contributed by atoms with E-state index in [0.717, 1.165) is 12.8 Å². The first-order chi connectivity index (χ1) is 9.75. The Morgan fingerprint density at radius 3 is 2.19 bits per heavy atom. The van der Waals surface area contributed by atoms with Gasteiger partial charge in [-0.3, -0.25) is 9.59 Å². The summed E-state index contributed by atoms with van der Waals surface area (Å²) in [5.74, 6) is 0.366. The highest BCUT2D eigenvalue weighted by molar-refractivity contribution is 5.78. The Labute approximate surface area is 128 Å². The van der Waals surface area contributed by atoms with Crippen molar-refractivity contribution < 1.29 is 9.59 Å². The first-order valence-corrected chi connectivity index (χ1v) is 8.03. The van der Waals surface area contributed by atoms with Gasteiger partial charge in [-0.15, -0.1) is 0 Å². The average Bonchev–Trinajstić information content (AvgIpc) is 2.42. The third-order valence-electron chi connectivity index (χ3n) is 4.70. The zero-order chi connectivity index (χ0) is 16.0. The second-order valence-electron chi connectivity index (χ2n) is 7.24. The number of rotatable bonds is 6. The lowest BCUT2D eigenvalue weighted by molar-refractivity contribution is -0.135. The van der Waals surface area contributed by atoms with Crippen LogP contribution in [0.1, 0.15) is 52.9 Å². The molecule has 0 spiro atoms. The second-order valence-corrected chi connectivity index (χ2v) is 7.24. The molecule has 1 aliphatic rings. The number of piperidine rings is 1. The summed E-state index contributed by atoms with van der Waals surface area (Å²) in [5.41, 5.74) is 11.2. The molecule has 2 amide bonds. The molecule has 0 aliphatic carbocycles. The maximum absolute atomic E-state index is 12.3. The monoisotopic (exact) mass is 297 g/mol. The first-order valence-electron chi connectivity index (χ1n) is 8.03. The summed E-state index contributed by atoms with van der Waals surface area (Å²) >= 11 is 0. The molecular weight excluding hydrogens is 266 g/mol. The lowest BCUT2D eigenvalue weighted by atomic mass is 9.76. The Hall–Kier alpha value is -1.10. The van der Waals surface area contributed by atoms with E-state index in [1.165, 1.54) is 0 Å². The molecule has 1 fully saturated rings. The molecule has 1 aliphatic heterocycles. The van der Waals surface area contributed by atoms with Crippen LogP contribution in [0, 0.1) is 17.3 Å². The quantitative estimate of drug-likeness (QED) is 0.778. The molecule has 1 saturated heterocycles. The van der Waals surface area contributed by atoms with Gasteiger partial charge in [-0.1, -0.05) is 20.8 Å². The van der Waals surface area contributed by atoms with Crippen LogP contribution in [0.4, 0.5) is 0 Å². The van der Waals surface area contributed by atoms with Crippen LogP contribution in [0.5, 0.6) is 0 Å². The van der Waals surface area contributed by atoms with Crippen LogP contribution in [0.3, 0.4) is 0 Å². The standard InChI is InChI=1S/C16H31N3O2/c1-16(2,3)13(6-9-17)4-5-14(20)19-10-7-12(8-11-19)15(18)21/h12-13H,4-11,17H2,1-3H3,(H2,18,21). The van der Waals surface area contributed by atoms with Gasteiger partial charge in [-0.2, -0.15) is 0 Å².